The molecule has 0 bridgehead atoms. The molecular formula is C14H14N2O3. The van der Waals surface area contributed by atoms with E-state index in [9.17, 15) is 4.79 Å². The highest BCUT2D eigenvalue weighted by Crippen LogP contribution is 2.09. The Bertz CT molecular complexity index is 585. The smallest absolute Gasteiger partial charge is 0.307 e. The minimum absolute atomic E-state index is 0.240. The number of nitrogens with zero attached hydrogens (tertiary/aromatic N) is 1. The van der Waals surface area contributed by atoms with Gasteiger partial charge >= 0.3 is 5.91 Å². The van der Waals surface area contributed by atoms with Crippen molar-refractivity contribution in [2.75, 3.05) is 7.11 Å². The van der Waals surface area contributed by atoms with Crippen LogP contribution in [-0.4, -0.2) is 19.2 Å². The number of ether oxygens (including phenoxy) is 1. The van der Waals surface area contributed by atoms with Gasteiger partial charge in [-0.15, -0.1) is 0 Å². The lowest BCUT2D eigenvalue weighted by atomic mass is 10.2. The first-order valence-corrected chi connectivity index (χ1v) is 5.73. The molecule has 1 aromatic heterocycles. The summed E-state index contributed by atoms with van der Waals surface area (Å²) in [6.07, 6.45) is 1.55. The normalized spacial score (nSPS) is 10.6. The van der Waals surface area contributed by atoms with E-state index in [0.717, 1.165) is 11.3 Å². The van der Waals surface area contributed by atoms with Crippen molar-refractivity contribution < 1.29 is 13.9 Å². The summed E-state index contributed by atoms with van der Waals surface area (Å²) in [7, 11) is 1.61. The van der Waals surface area contributed by atoms with Crippen LogP contribution < -0.4 is 10.2 Å². The largest absolute Gasteiger partial charge is 0.497 e. The molecule has 0 fully saturated rings. The molecule has 0 spiro atoms. The summed E-state index contributed by atoms with van der Waals surface area (Å²) in [5.41, 5.74) is 3.25. The van der Waals surface area contributed by atoms with E-state index < -0.39 is 0 Å². The van der Waals surface area contributed by atoms with Crippen LogP contribution in [0, 0.1) is 6.92 Å². The van der Waals surface area contributed by atoms with E-state index >= 15 is 0 Å². The molecule has 0 aliphatic carbocycles. The Morgan fingerprint density at radius 1 is 1.26 bits per heavy atom. The number of rotatable bonds is 4. The molecule has 0 aliphatic heterocycles. The second-order valence-corrected chi connectivity index (χ2v) is 3.88. The number of methoxy groups -OCH3 is 1. The standard InChI is InChI=1S/C14H14N2O3/c1-10-3-8-13(19-10)14(17)16-15-9-11-4-6-12(18-2)7-5-11/h3-9H,1-2H3,(H,16,17)/b15-9-. The fourth-order valence-electron chi connectivity index (χ4n) is 1.47. The zero-order chi connectivity index (χ0) is 13.7. The van der Waals surface area contributed by atoms with E-state index in [1.165, 1.54) is 0 Å². The molecular weight excluding hydrogens is 244 g/mol. The number of aryl methyl sites for hydroxylation is 1. The number of benzene rings is 1. The molecule has 0 saturated heterocycles. The van der Waals surface area contributed by atoms with E-state index in [4.69, 9.17) is 9.15 Å². The van der Waals surface area contributed by atoms with Crippen LogP contribution in [0.4, 0.5) is 0 Å². The zero-order valence-corrected chi connectivity index (χ0v) is 10.7. The van der Waals surface area contributed by atoms with Gasteiger partial charge in [-0.1, -0.05) is 0 Å². The summed E-state index contributed by atoms with van der Waals surface area (Å²) >= 11 is 0. The third-order valence-electron chi connectivity index (χ3n) is 2.46. The van der Waals surface area contributed by atoms with Gasteiger partial charge < -0.3 is 9.15 Å². The second-order valence-electron chi connectivity index (χ2n) is 3.88. The van der Waals surface area contributed by atoms with Gasteiger partial charge in [0.2, 0.25) is 0 Å². The Kier molecular flexibility index (Phi) is 3.97. The Morgan fingerprint density at radius 3 is 2.58 bits per heavy atom. The second kappa shape index (κ2) is 5.86. The average Bonchev–Trinajstić information content (AvgIpc) is 2.86. The lowest BCUT2D eigenvalue weighted by Crippen LogP contribution is -2.16. The van der Waals surface area contributed by atoms with Crippen LogP contribution in [0.3, 0.4) is 0 Å². The van der Waals surface area contributed by atoms with E-state index in [-0.39, 0.29) is 11.7 Å². The summed E-state index contributed by atoms with van der Waals surface area (Å²) in [4.78, 5) is 11.6. The molecule has 98 valence electrons. The first-order valence-electron chi connectivity index (χ1n) is 5.73. The predicted molar refractivity (Wildman–Crippen MR) is 71.5 cm³/mol. The number of hydrazone groups is 1. The molecule has 1 N–H and O–H groups in total. The topological polar surface area (TPSA) is 63.8 Å². The molecule has 1 heterocycles. The monoisotopic (exact) mass is 258 g/mol. The first-order chi connectivity index (χ1) is 9.19. The maximum atomic E-state index is 11.6. The van der Waals surface area contributed by atoms with Gasteiger partial charge in [0.1, 0.15) is 11.5 Å². The number of nitrogens with one attached hydrogen (secondary N) is 1. The predicted octanol–water partition coefficient (Wildman–Crippen LogP) is 2.36. The van der Waals surface area contributed by atoms with Crippen molar-refractivity contribution in [1.29, 1.82) is 0 Å². The number of amides is 1. The minimum atomic E-state index is -0.377. The molecule has 1 aromatic carbocycles. The molecule has 0 saturated carbocycles. The van der Waals surface area contributed by atoms with Crippen LogP contribution in [0.2, 0.25) is 0 Å². The van der Waals surface area contributed by atoms with Crippen LogP contribution in [-0.2, 0) is 0 Å². The molecule has 0 aliphatic rings. The SMILES string of the molecule is COc1ccc(/C=N\NC(=O)c2ccc(C)o2)cc1. The van der Waals surface area contributed by atoms with Gasteiger partial charge in [0.25, 0.3) is 0 Å². The molecule has 1 amide bonds. The molecule has 0 atom stereocenters. The van der Waals surface area contributed by atoms with Gasteiger partial charge in [-0.25, -0.2) is 5.43 Å². The van der Waals surface area contributed by atoms with Crippen molar-refractivity contribution in [2.45, 2.75) is 6.92 Å². The average molecular weight is 258 g/mol. The van der Waals surface area contributed by atoms with Gasteiger partial charge in [0.05, 0.1) is 13.3 Å². The quantitative estimate of drug-likeness (QED) is 0.676. The Labute approximate surface area is 110 Å². The Hall–Kier alpha value is -2.56. The Balaban J connectivity index is 1.94. The summed E-state index contributed by atoms with van der Waals surface area (Å²) in [6, 6.07) is 10.6. The Morgan fingerprint density at radius 2 is 2.00 bits per heavy atom. The summed E-state index contributed by atoms with van der Waals surface area (Å²) in [6.45, 7) is 1.78. The fraction of sp³-hybridized carbons (Fsp3) is 0.143. The van der Waals surface area contributed by atoms with Crippen LogP contribution >= 0.6 is 0 Å². The highest BCUT2D eigenvalue weighted by Gasteiger charge is 2.07. The van der Waals surface area contributed by atoms with Gasteiger partial charge in [-0.3, -0.25) is 4.79 Å². The maximum absolute atomic E-state index is 11.6. The summed E-state index contributed by atoms with van der Waals surface area (Å²) in [5.74, 6) is 1.32. The van der Waals surface area contributed by atoms with Crippen molar-refractivity contribution in [3.63, 3.8) is 0 Å². The maximum Gasteiger partial charge on any atom is 0.307 e. The number of hydrogen-bond acceptors (Lipinski definition) is 4. The van der Waals surface area contributed by atoms with Crippen LogP contribution in [0.15, 0.2) is 45.9 Å². The van der Waals surface area contributed by atoms with Crippen molar-refractivity contribution in [1.82, 2.24) is 5.43 Å². The van der Waals surface area contributed by atoms with E-state index in [0.29, 0.717) is 5.76 Å². The van der Waals surface area contributed by atoms with Crippen molar-refractivity contribution >= 4 is 12.1 Å². The summed E-state index contributed by atoms with van der Waals surface area (Å²) < 4.78 is 10.2. The molecule has 2 rings (SSSR count). The van der Waals surface area contributed by atoms with Gasteiger partial charge in [-0.05, 0) is 48.9 Å². The molecule has 0 radical (unpaired) electrons. The minimum Gasteiger partial charge on any atom is -0.497 e. The van der Waals surface area contributed by atoms with Crippen LogP contribution in [0.25, 0.3) is 0 Å². The van der Waals surface area contributed by atoms with Crippen molar-refractivity contribution in [2.24, 2.45) is 5.10 Å². The summed E-state index contributed by atoms with van der Waals surface area (Å²) in [5, 5.41) is 3.86. The van der Waals surface area contributed by atoms with E-state index in [2.05, 4.69) is 10.5 Å². The molecule has 5 nitrogen and oxygen atoms in total. The first kappa shape index (κ1) is 12.9. The van der Waals surface area contributed by atoms with Crippen molar-refractivity contribution in [3.8, 4) is 5.75 Å². The molecule has 0 unspecified atom stereocenters. The fourth-order valence-corrected chi connectivity index (χ4v) is 1.47. The molecule has 5 heteroatoms. The number of furan rings is 1. The number of carbonyl (C=O) groups excluding carboxylic acids is 1. The zero-order valence-electron chi connectivity index (χ0n) is 10.7. The third-order valence-corrected chi connectivity index (χ3v) is 2.46. The van der Waals surface area contributed by atoms with Gasteiger partial charge in [0, 0.05) is 0 Å². The van der Waals surface area contributed by atoms with Crippen LogP contribution in [0.1, 0.15) is 21.9 Å². The van der Waals surface area contributed by atoms with Gasteiger partial charge in [-0.2, -0.15) is 5.10 Å². The third kappa shape index (κ3) is 3.45. The number of carbonyl (C=O) groups is 1. The lowest BCUT2D eigenvalue weighted by Gasteiger charge is -1.99. The van der Waals surface area contributed by atoms with E-state index in [1.807, 2.05) is 24.3 Å². The van der Waals surface area contributed by atoms with Crippen molar-refractivity contribution in [3.05, 3.63) is 53.5 Å². The van der Waals surface area contributed by atoms with E-state index in [1.54, 1.807) is 32.4 Å². The lowest BCUT2D eigenvalue weighted by molar-refractivity contribution is 0.0926. The number of hydrogen-bond donors (Lipinski definition) is 1. The highest BCUT2D eigenvalue weighted by atomic mass is 16.5. The van der Waals surface area contributed by atoms with Crippen LogP contribution in [0.5, 0.6) is 5.75 Å². The molecule has 19 heavy (non-hydrogen) atoms. The van der Waals surface area contributed by atoms with Gasteiger partial charge in [0.15, 0.2) is 5.76 Å². The molecule has 2 aromatic rings. The highest BCUT2D eigenvalue weighted by molar-refractivity contribution is 5.92.